The van der Waals surface area contributed by atoms with Gasteiger partial charge in [0.25, 0.3) is 0 Å². The highest BCUT2D eigenvalue weighted by Crippen LogP contribution is 2.38. The molecule has 2 aromatic carbocycles. The second kappa shape index (κ2) is 9.89. The first-order valence-corrected chi connectivity index (χ1v) is 10.5. The van der Waals surface area contributed by atoms with Gasteiger partial charge in [-0.2, -0.15) is 0 Å². The summed E-state index contributed by atoms with van der Waals surface area (Å²) in [5.41, 5.74) is 1.91. The number of carbonyl (C=O) groups is 1. The third kappa shape index (κ3) is 5.14. The van der Waals surface area contributed by atoms with Crippen LogP contribution < -0.4 is 0 Å². The van der Waals surface area contributed by atoms with Crippen LogP contribution in [-0.4, -0.2) is 48.4 Å². The topological polar surface area (TPSA) is 83.5 Å². The molecule has 166 valence electrons. The molecule has 0 amide bonds. The zero-order chi connectivity index (χ0) is 21.8. The van der Waals surface area contributed by atoms with E-state index < -0.39 is 43.0 Å². The van der Waals surface area contributed by atoms with E-state index in [9.17, 15) is 9.90 Å². The molecule has 31 heavy (non-hydrogen) atoms. The van der Waals surface area contributed by atoms with Crippen LogP contribution in [0.3, 0.4) is 0 Å². The molecule has 2 heterocycles. The van der Waals surface area contributed by atoms with Gasteiger partial charge in [0.2, 0.25) is 0 Å². The maximum Gasteiger partial charge on any atom is 0.332 e. The Morgan fingerprint density at radius 3 is 2.45 bits per heavy atom. The molecule has 1 N–H and O–H groups in total. The van der Waals surface area contributed by atoms with Crippen molar-refractivity contribution >= 4 is 5.97 Å². The van der Waals surface area contributed by atoms with Crippen molar-refractivity contribution in [2.45, 2.75) is 57.5 Å². The van der Waals surface area contributed by atoms with E-state index in [0.717, 1.165) is 11.1 Å². The largest absolute Gasteiger partial charge is 0.479 e. The number of ether oxygens (including phenoxy) is 5. The van der Waals surface area contributed by atoms with Gasteiger partial charge in [-0.05, 0) is 12.5 Å². The standard InChI is InChI=1S/C24H28O7/c1-15-20(29-16(2)22(25)26)21-19(14-28-24(31-21)18-11-7-4-8-12-18)30-23(15)27-13-17-9-5-3-6-10-17/h3-12,15-16,19-21,23-24H,13-14H2,1-2H3,(H,25,26)/t15?,16-,19?,20+,21+,23-,24?/m0/s1. The fraction of sp³-hybridized carbons (Fsp3) is 0.458. The normalized spacial score (nSPS) is 31.5. The van der Waals surface area contributed by atoms with Crippen molar-refractivity contribution < 1.29 is 33.6 Å². The molecule has 2 fully saturated rings. The molecule has 0 bridgehead atoms. The number of hydrogen-bond acceptors (Lipinski definition) is 6. The number of carboxylic acids is 1. The van der Waals surface area contributed by atoms with E-state index in [4.69, 9.17) is 23.7 Å². The molecule has 0 radical (unpaired) electrons. The van der Waals surface area contributed by atoms with E-state index in [1.165, 1.54) is 6.92 Å². The second-order valence-electron chi connectivity index (χ2n) is 7.96. The number of fused-ring (bicyclic) bond motifs is 1. The molecule has 7 nitrogen and oxygen atoms in total. The minimum atomic E-state index is -1.02. The lowest BCUT2D eigenvalue weighted by Crippen LogP contribution is -2.60. The fourth-order valence-electron chi connectivity index (χ4n) is 3.93. The smallest absolute Gasteiger partial charge is 0.332 e. The molecule has 7 heteroatoms. The predicted octanol–water partition coefficient (Wildman–Crippen LogP) is 3.54. The van der Waals surface area contributed by atoms with Gasteiger partial charge in [0.15, 0.2) is 18.7 Å². The monoisotopic (exact) mass is 428 g/mol. The highest BCUT2D eigenvalue weighted by Gasteiger charge is 2.50. The Hall–Kier alpha value is -2.29. The molecule has 2 aliphatic rings. The lowest BCUT2D eigenvalue weighted by Gasteiger charge is -2.48. The summed E-state index contributed by atoms with van der Waals surface area (Å²) in [5.74, 6) is -1.27. The zero-order valence-corrected chi connectivity index (χ0v) is 17.6. The van der Waals surface area contributed by atoms with Crippen LogP contribution in [0.15, 0.2) is 60.7 Å². The van der Waals surface area contributed by atoms with E-state index in [-0.39, 0.29) is 5.92 Å². The van der Waals surface area contributed by atoms with Crippen LogP contribution in [0.1, 0.15) is 31.3 Å². The quantitative estimate of drug-likeness (QED) is 0.722. The van der Waals surface area contributed by atoms with Crippen LogP contribution in [0.5, 0.6) is 0 Å². The first-order chi connectivity index (χ1) is 15.0. The van der Waals surface area contributed by atoms with Crippen molar-refractivity contribution in [2.75, 3.05) is 6.61 Å². The van der Waals surface area contributed by atoms with Gasteiger partial charge in [0.05, 0.1) is 19.3 Å². The van der Waals surface area contributed by atoms with E-state index in [1.54, 1.807) is 0 Å². The summed E-state index contributed by atoms with van der Waals surface area (Å²) in [6.45, 7) is 4.13. The number of aliphatic carboxylic acids is 1. The zero-order valence-electron chi connectivity index (χ0n) is 17.6. The van der Waals surface area contributed by atoms with Gasteiger partial charge in [-0.15, -0.1) is 0 Å². The summed E-state index contributed by atoms with van der Waals surface area (Å²) in [7, 11) is 0. The molecule has 2 aromatic rings. The van der Waals surface area contributed by atoms with Crippen LogP contribution in [0.25, 0.3) is 0 Å². The first-order valence-electron chi connectivity index (χ1n) is 10.5. The fourth-order valence-corrected chi connectivity index (χ4v) is 3.93. The van der Waals surface area contributed by atoms with Crippen molar-refractivity contribution in [3.05, 3.63) is 71.8 Å². The molecular formula is C24H28O7. The number of carboxylic acid groups (broad SMARTS) is 1. The molecule has 0 saturated carbocycles. The van der Waals surface area contributed by atoms with Crippen LogP contribution >= 0.6 is 0 Å². The van der Waals surface area contributed by atoms with Crippen molar-refractivity contribution in [1.82, 2.24) is 0 Å². The van der Waals surface area contributed by atoms with E-state index >= 15 is 0 Å². The molecule has 2 saturated heterocycles. The summed E-state index contributed by atoms with van der Waals surface area (Å²) >= 11 is 0. The van der Waals surface area contributed by atoms with Crippen LogP contribution in [-0.2, 0) is 35.1 Å². The number of benzene rings is 2. The average molecular weight is 428 g/mol. The highest BCUT2D eigenvalue weighted by atomic mass is 16.7. The molecule has 0 spiro atoms. The summed E-state index contributed by atoms with van der Waals surface area (Å²) in [4.78, 5) is 11.5. The Balaban J connectivity index is 1.51. The van der Waals surface area contributed by atoms with Crippen molar-refractivity contribution in [3.63, 3.8) is 0 Å². The SMILES string of the molecule is CC1[C@@H](OCc2ccccc2)OC2COC(c3ccccc3)O[C@H]2[C@@H]1O[C@@H](C)C(=O)O. The van der Waals surface area contributed by atoms with Gasteiger partial charge in [-0.25, -0.2) is 4.79 Å². The van der Waals surface area contributed by atoms with Crippen LogP contribution in [0.2, 0.25) is 0 Å². The third-order valence-corrected chi connectivity index (χ3v) is 5.68. The molecule has 0 aliphatic carbocycles. The summed E-state index contributed by atoms with van der Waals surface area (Å²) in [6.07, 6.45) is -3.56. The Morgan fingerprint density at radius 1 is 1.10 bits per heavy atom. The van der Waals surface area contributed by atoms with Crippen molar-refractivity contribution in [3.8, 4) is 0 Å². The van der Waals surface area contributed by atoms with E-state index in [1.807, 2.05) is 67.6 Å². The van der Waals surface area contributed by atoms with Gasteiger partial charge in [0, 0.05) is 11.5 Å². The van der Waals surface area contributed by atoms with Gasteiger partial charge in [-0.1, -0.05) is 67.6 Å². The molecule has 7 atom stereocenters. The lowest BCUT2D eigenvalue weighted by molar-refractivity contribution is -0.360. The molecule has 3 unspecified atom stereocenters. The third-order valence-electron chi connectivity index (χ3n) is 5.68. The van der Waals surface area contributed by atoms with Crippen LogP contribution in [0, 0.1) is 5.92 Å². The first kappa shape index (κ1) is 21.9. The average Bonchev–Trinajstić information content (AvgIpc) is 2.80. The Morgan fingerprint density at radius 2 is 1.77 bits per heavy atom. The molecular weight excluding hydrogens is 400 g/mol. The number of rotatable bonds is 7. The van der Waals surface area contributed by atoms with Gasteiger partial charge in [-0.3, -0.25) is 0 Å². The Labute approximate surface area is 181 Å². The Kier molecular flexibility index (Phi) is 6.99. The van der Waals surface area contributed by atoms with Crippen LogP contribution in [0.4, 0.5) is 0 Å². The van der Waals surface area contributed by atoms with Crippen molar-refractivity contribution in [1.29, 1.82) is 0 Å². The molecule has 0 aromatic heterocycles. The maximum absolute atomic E-state index is 11.5. The molecule has 4 rings (SSSR count). The summed E-state index contributed by atoms with van der Waals surface area (Å²) < 4.78 is 30.3. The van der Waals surface area contributed by atoms with Crippen molar-refractivity contribution in [2.24, 2.45) is 5.92 Å². The minimum absolute atomic E-state index is 0.249. The minimum Gasteiger partial charge on any atom is -0.479 e. The predicted molar refractivity (Wildman–Crippen MR) is 111 cm³/mol. The second-order valence-corrected chi connectivity index (χ2v) is 7.96. The van der Waals surface area contributed by atoms with Gasteiger partial charge in [0.1, 0.15) is 12.2 Å². The number of hydrogen-bond donors (Lipinski definition) is 1. The summed E-state index contributed by atoms with van der Waals surface area (Å²) in [6, 6.07) is 19.4. The van der Waals surface area contributed by atoms with Gasteiger partial charge >= 0.3 is 5.97 Å². The Bertz CT molecular complexity index is 844. The maximum atomic E-state index is 11.5. The summed E-state index contributed by atoms with van der Waals surface area (Å²) in [5, 5.41) is 9.39. The molecule has 2 aliphatic heterocycles. The highest BCUT2D eigenvalue weighted by molar-refractivity contribution is 5.71. The van der Waals surface area contributed by atoms with E-state index in [2.05, 4.69) is 0 Å². The van der Waals surface area contributed by atoms with Gasteiger partial charge < -0.3 is 28.8 Å². The van der Waals surface area contributed by atoms with E-state index in [0.29, 0.717) is 13.2 Å². The lowest BCUT2D eigenvalue weighted by atomic mass is 9.91.